The van der Waals surface area contributed by atoms with Crippen molar-refractivity contribution < 1.29 is 14.1 Å². The third-order valence-corrected chi connectivity index (χ3v) is 3.14. The number of rotatable bonds is 4. The number of halogens is 1. The molecule has 0 fully saturated rings. The second-order valence-electron chi connectivity index (χ2n) is 3.65. The van der Waals surface area contributed by atoms with E-state index >= 15 is 0 Å². The third kappa shape index (κ3) is 2.72. The summed E-state index contributed by atoms with van der Waals surface area (Å²) in [5.41, 5.74) is -0.841. The highest BCUT2D eigenvalue weighted by molar-refractivity contribution is 7.13. The van der Waals surface area contributed by atoms with Crippen LogP contribution < -0.4 is 10.6 Å². The summed E-state index contributed by atoms with van der Waals surface area (Å²) in [4.78, 5) is 26.0. The van der Waals surface area contributed by atoms with Gasteiger partial charge in [0.15, 0.2) is 10.9 Å². The van der Waals surface area contributed by atoms with Crippen LogP contribution in [0.15, 0.2) is 23.7 Å². The summed E-state index contributed by atoms with van der Waals surface area (Å²) in [7, 11) is 1.45. The van der Waals surface area contributed by atoms with Gasteiger partial charge in [-0.1, -0.05) is 0 Å². The molecule has 1 amide bonds. The van der Waals surface area contributed by atoms with Crippen LogP contribution in [-0.2, 0) is 0 Å². The Hall–Kier alpha value is -2.55. The monoisotopic (exact) mass is 296 g/mol. The maximum absolute atomic E-state index is 13.5. The topological polar surface area (TPSA) is 97.2 Å². The lowest BCUT2D eigenvalue weighted by atomic mass is 10.1. The van der Waals surface area contributed by atoms with Gasteiger partial charge in [0.25, 0.3) is 11.6 Å². The van der Waals surface area contributed by atoms with Gasteiger partial charge in [0.1, 0.15) is 5.56 Å². The first-order valence-electron chi connectivity index (χ1n) is 5.39. The molecule has 0 spiro atoms. The van der Waals surface area contributed by atoms with E-state index in [9.17, 15) is 19.3 Å². The molecule has 0 aliphatic heterocycles. The van der Waals surface area contributed by atoms with Crippen molar-refractivity contribution in [3.63, 3.8) is 0 Å². The second-order valence-corrected chi connectivity index (χ2v) is 4.54. The molecule has 0 aliphatic rings. The maximum Gasteiger partial charge on any atom is 0.285 e. The van der Waals surface area contributed by atoms with Crippen molar-refractivity contribution in [1.29, 1.82) is 0 Å². The van der Waals surface area contributed by atoms with Crippen LogP contribution in [-0.4, -0.2) is 22.9 Å². The number of nitrogens with zero attached hydrogens (tertiary/aromatic N) is 2. The number of aromatic nitrogens is 1. The molecule has 2 aromatic rings. The van der Waals surface area contributed by atoms with Crippen LogP contribution in [0.4, 0.5) is 20.9 Å². The molecule has 1 heterocycles. The molecule has 0 saturated heterocycles. The van der Waals surface area contributed by atoms with E-state index in [0.717, 1.165) is 6.07 Å². The molecular formula is C11H9FN4O3S. The van der Waals surface area contributed by atoms with Crippen LogP contribution in [0, 0.1) is 15.9 Å². The molecule has 104 valence electrons. The number of nitro groups is 1. The summed E-state index contributed by atoms with van der Waals surface area (Å²) in [6, 6.07) is 1.80. The number of thiazole rings is 1. The quantitative estimate of drug-likeness (QED) is 0.667. The minimum Gasteiger partial charge on any atom is -0.386 e. The lowest BCUT2D eigenvalue weighted by Gasteiger charge is -2.07. The normalized spacial score (nSPS) is 10.1. The predicted molar refractivity (Wildman–Crippen MR) is 72.7 cm³/mol. The van der Waals surface area contributed by atoms with Gasteiger partial charge in [-0.3, -0.25) is 20.2 Å². The van der Waals surface area contributed by atoms with E-state index < -0.39 is 22.3 Å². The molecule has 0 unspecified atom stereocenters. The van der Waals surface area contributed by atoms with E-state index in [1.54, 1.807) is 5.38 Å². The summed E-state index contributed by atoms with van der Waals surface area (Å²) >= 11 is 1.17. The Morgan fingerprint density at radius 1 is 1.50 bits per heavy atom. The molecule has 1 aromatic heterocycles. The number of carbonyl (C=O) groups excluding carboxylic acids is 1. The number of benzene rings is 1. The zero-order valence-electron chi connectivity index (χ0n) is 10.2. The molecule has 0 saturated carbocycles. The van der Waals surface area contributed by atoms with E-state index in [-0.39, 0.29) is 11.3 Å². The van der Waals surface area contributed by atoms with Gasteiger partial charge < -0.3 is 5.32 Å². The second kappa shape index (κ2) is 5.61. The minimum atomic E-state index is -0.806. The van der Waals surface area contributed by atoms with Crippen molar-refractivity contribution in [2.75, 3.05) is 17.7 Å². The average Bonchev–Trinajstić information content (AvgIpc) is 2.90. The van der Waals surface area contributed by atoms with Gasteiger partial charge in [-0.2, -0.15) is 0 Å². The maximum atomic E-state index is 13.5. The summed E-state index contributed by atoms with van der Waals surface area (Å²) in [5.74, 6) is -1.52. The van der Waals surface area contributed by atoms with E-state index in [1.165, 1.54) is 24.6 Å². The average molecular weight is 296 g/mol. The zero-order chi connectivity index (χ0) is 14.7. The van der Waals surface area contributed by atoms with E-state index in [2.05, 4.69) is 15.6 Å². The van der Waals surface area contributed by atoms with Crippen LogP contribution in [0.1, 0.15) is 10.4 Å². The van der Waals surface area contributed by atoms with Gasteiger partial charge in [-0.15, -0.1) is 11.3 Å². The smallest absolute Gasteiger partial charge is 0.285 e. The number of carbonyl (C=O) groups is 1. The molecule has 0 aliphatic carbocycles. The molecule has 0 atom stereocenters. The summed E-state index contributed by atoms with van der Waals surface area (Å²) < 4.78 is 13.5. The molecule has 9 heteroatoms. The van der Waals surface area contributed by atoms with E-state index in [4.69, 9.17) is 0 Å². The Labute approximate surface area is 116 Å². The van der Waals surface area contributed by atoms with Crippen LogP contribution in [0.25, 0.3) is 0 Å². The van der Waals surface area contributed by atoms with Crippen LogP contribution in [0.5, 0.6) is 0 Å². The third-order valence-electron chi connectivity index (χ3n) is 2.45. The molecule has 2 rings (SSSR count). The lowest BCUT2D eigenvalue weighted by Crippen LogP contribution is -2.14. The highest BCUT2D eigenvalue weighted by Gasteiger charge is 2.23. The first-order valence-corrected chi connectivity index (χ1v) is 6.27. The van der Waals surface area contributed by atoms with E-state index in [0.29, 0.717) is 11.2 Å². The Bertz CT molecular complexity index is 660. The summed E-state index contributed by atoms with van der Waals surface area (Å²) in [5, 5.41) is 17.8. The van der Waals surface area contributed by atoms with Crippen molar-refractivity contribution in [1.82, 2.24) is 4.98 Å². The Morgan fingerprint density at radius 2 is 2.25 bits per heavy atom. The van der Waals surface area contributed by atoms with Crippen molar-refractivity contribution in [2.45, 2.75) is 0 Å². The van der Waals surface area contributed by atoms with Crippen molar-refractivity contribution in [3.05, 3.63) is 45.2 Å². The fourth-order valence-corrected chi connectivity index (χ4v) is 2.06. The molecule has 0 radical (unpaired) electrons. The van der Waals surface area contributed by atoms with Crippen LogP contribution in [0.3, 0.4) is 0 Å². The number of anilines is 2. The van der Waals surface area contributed by atoms with Gasteiger partial charge in [0.05, 0.1) is 16.7 Å². The number of hydrogen-bond donors (Lipinski definition) is 2. The van der Waals surface area contributed by atoms with Gasteiger partial charge in [-0.25, -0.2) is 9.37 Å². The summed E-state index contributed by atoms with van der Waals surface area (Å²) in [6.07, 6.45) is 1.48. The molecule has 7 nitrogen and oxygen atoms in total. The predicted octanol–water partition coefficient (Wildman–Crippen LogP) is 2.48. The fourth-order valence-electron chi connectivity index (χ4n) is 1.54. The van der Waals surface area contributed by atoms with Crippen molar-refractivity contribution in [3.8, 4) is 0 Å². The van der Waals surface area contributed by atoms with E-state index in [1.807, 2.05) is 0 Å². The highest BCUT2D eigenvalue weighted by Crippen LogP contribution is 2.27. The standard InChI is InChI=1S/C11H9FN4O3S/c1-13-8-4-6(9(16(18)19)5-7(8)12)10(17)15-11-14-2-3-20-11/h2-5,13H,1H3,(H,14,15,17). The van der Waals surface area contributed by atoms with Crippen LogP contribution in [0.2, 0.25) is 0 Å². The Balaban J connectivity index is 2.42. The Morgan fingerprint density at radius 3 is 2.80 bits per heavy atom. The van der Waals surface area contributed by atoms with Gasteiger partial charge in [0, 0.05) is 18.6 Å². The minimum absolute atomic E-state index is 0.000103. The lowest BCUT2D eigenvalue weighted by molar-refractivity contribution is -0.385. The van der Waals surface area contributed by atoms with Gasteiger partial charge in [-0.05, 0) is 6.07 Å². The van der Waals surface area contributed by atoms with Crippen molar-refractivity contribution >= 4 is 33.8 Å². The largest absolute Gasteiger partial charge is 0.386 e. The number of amides is 1. The Kier molecular flexibility index (Phi) is 3.89. The molecular weight excluding hydrogens is 287 g/mol. The van der Waals surface area contributed by atoms with Crippen LogP contribution >= 0.6 is 11.3 Å². The van der Waals surface area contributed by atoms with Gasteiger partial charge >= 0.3 is 0 Å². The zero-order valence-corrected chi connectivity index (χ0v) is 11.0. The van der Waals surface area contributed by atoms with Crippen molar-refractivity contribution in [2.24, 2.45) is 0 Å². The SMILES string of the molecule is CNc1cc(C(=O)Nc2nccs2)c([N+](=O)[O-])cc1F. The molecule has 0 bridgehead atoms. The van der Waals surface area contributed by atoms with Gasteiger partial charge in [0.2, 0.25) is 0 Å². The molecule has 2 N–H and O–H groups in total. The molecule has 20 heavy (non-hydrogen) atoms. The first-order chi connectivity index (χ1) is 9.52. The number of nitro benzene ring substituents is 1. The molecule has 1 aromatic carbocycles. The first kappa shape index (κ1) is 13.9. The fraction of sp³-hybridized carbons (Fsp3) is 0.0909. The highest BCUT2D eigenvalue weighted by atomic mass is 32.1. The number of nitrogens with one attached hydrogen (secondary N) is 2. The summed E-state index contributed by atoms with van der Waals surface area (Å²) in [6.45, 7) is 0. The number of hydrogen-bond acceptors (Lipinski definition) is 6.